The summed E-state index contributed by atoms with van der Waals surface area (Å²) in [6.45, 7) is 4.48. The van der Waals surface area contributed by atoms with Gasteiger partial charge >= 0.3 is 5.97 Å². The normalized spacial score (nSPS) is 28.7. The second-order valence-electron chi connectivity index (χ2n) is 10.4. The second-order valence-corrected chi connectivity index (χ2v) is 10.4. The number of likely N-dealkylation sites (tertiary alicyclic amines) is 1. The molecule has 2 saturated heterocycles. The van der Waals surface area contributed by atoms with Gasteiger partial charge in [0.15, 0.2) is 0 Å². The summed E-state index contributed by atoms with van der Waals surface area (Å²) in [5.74, 6) is -0.448. The number of nitrogens with zero attached hydrogens (tertiary/aromatic N) is 1. The van der Waals surface area contributed by atoms with Gasteiger partial charge < -0.3 is 24.8 Å². The zero-order chi connectivity index (χ0) is 25.5. The number of carbonyl (C=O) groups excluding carboxylic acids is 2. The molecular weight excluding hydrogens is 460 g/mol. The molecule has 8 nitrogen and oxygen atoms in total. The average molecular weight is 493 g/mol. The minimum atomic E-state index is -0.859. The van der Waals surface area contributed by atoms with Crippen LogP contribution in [-0.2, 0) is 14.3 Å². The van der Waals surface area contributed by atoms with Crippen molar-refractivity contribution < 1.29 is 29.0 Å². The molecule has 4 atom stereocenters. The van der Waals surface area contributed by atoms with Crippen LogP contribution < -0.4 is 10.1 Å². The number of rotatable bonds is 5. The Morgan fingerprint density at radius 1 is 1.14 bits per heavy atom. The zero-order valence-electron chi connectivity index (χ0n) is 20.7. The Labute approximate surface area is 210 Å². The number of anilines is 1. The van der Waals surface area contributed by atoms with Gasteiger partial charge in [-0.05, 0) is 62.9 Å². The highest BCUT2D eigenvalue weighted by atomic mass is 16.5. The fourth-order valence-electron chi connectivity index (χ4n) is 6.18. The van der Waals surface area contributed by atoms with E-state index >= 15 is 0 Å². The predicted octanol–water partition coefficient (Wildman–Crippen LogP) is 4.41. The lowest BCUT2D eigenvalue weighted by Crippen LogP contribution is -2.60. The van der Waals surface area contributed by atoms with Gasteiger partial charge in [-0.25, -0.2) is 0 Å². The molecule has 36 heavy (non-hydrogen) atoms. The van der Waals surface area contributed by atoms with E-state index in [1.807, 2.05) is 36.1 Å². The topological polar surface area (TPSA) is 105 Å². The molecule has 2 aromatic carbocycles. The van der Waals surface area contributed by atoms with E-state index in [9.17, 15) is 19.5 Å². The van der Waals surface area contributed by atoms with E-state index in [2.05, 4.69) is 5.32 Å². The van der Waals surface area contributed by atoms with E-state index in [4.69, 9.17) is 9.47 Å². The van der Waals surface area contributed by atoms with Gasteiger partial charge in [0.05, 0.1) is 18.2 Å². The van der Waals surface area contributed by atoms with Crippen LogP contribution in [0.25, 0.3) is 0 Å². The molecule has 3 aliphatic heterocycles. The largest absolute Gasteiger partial charge is 0.487 e. The fourth-order valence-corrected chi connectivity index (χ4v) is 6.18. The van der Waals surface area contributed by atoms with Gasteiger partial charge in [-0.2, -0.15) is 0 Å². The molecule has 2 N–H and O–H groups in total. The maximum Gasteiger partial charge on any atom is 0.303 e. The number of aliphatic carboxylic acids is 1. The molecule has 3 aliphatic rings. The van der Waals surface area contributed by atoms with Gasteiger partial charge in [0.2, 0.25) is 5.91 Å². The molecule has 0 bridgehead atoms. The molecule has 0 aliphatic carbocycles. The molecule has 0 radical (unpaired) electrons. The highest BCUT2D eigenvalue weighted by Gasteiger charge is 2.57. The van der Waals surface area contributed by atoms with Crippen molar-refractivity contribution >= 4 is 23.5 Å². The molecule has 3 heterocycles. The third-order valence-corrected chi connectivity index (χ3v) is 7.98. The van der Waals surface area contributed by atoms with Crippen LogP contribution in [0.4, 0.5) is 5.69 Å². The van der Waals surface area contributed by atoms with E-state index in [1.54, 1.807) is 24.3 Å². The summed E-state index contributed by atoms with van der Waals surface area (Å²) in [5, 5.41) is 12.1. The summed E-state index contributed by atoms with van der Waals surface area (Å²) in [5.41, 5.74) is 0.976. The molecular formula is C28H32N2O6. The quantitative estimate of drug-likeness (QED) is 0.641. The number of para-hydroxylation sites is 1. The first-order valence-corrected chi connectivity index (χ1v) is 12.5. The summed E-state index contributed by atoms with van der Waals surface area (Å²) < 4.78 is 13.0. The Bertz CT molecular complexity index is 1180. The Morgan fingerprint density at radius 2 is 1.89 bits per heavy atom. The number of hydrogen-bond donors (Lipinski definition) is 2. The molecule has 0 unspecified atom stereocenters. The summed E-state index contributed by atoms with van der Waals surface area (Å²) in [4.78, 5) is 38.4. The maximum atomic E-state index is 13.7. The Balaban J connectivity index is 1.43. The van der Waals surface area contributed by atoms with E-state index in [-0.39, 0.29) is 30.3 Å². The number of amides is 2. The van der Waals surface area contributed by atoms with Crippen LogP contribution in [0.2, 0.25) is 0 Å². The van der Waals surface area contributed by atoms with E-state index in [1.165, 1.54) is 6.92 Å². The van der Waals surface area contributed by atoms with Crippen molar-refractivity contribution in [3.05, 3.63) is 59.7 Å². The van der Waals surface area contributed by atoms with Crippen LogP contribution >= 0.6 is 0 Å². The number of carbonyl (C=O) groups is 3. The number of hydrogen-bond acceptors (Lipinski definition) is 5. The first-order chi connectivity index (χ1) is 17.2. The molecule has 2 amide bonds. The standard InChI is InChI=1S/C28H32N2O6/c1-18(31)29-20-10-8-19(9-11-20)26(34)30-15-5-13-28(30)16-22-25(35-17-28)21-6-3-4-7-23(21)36-27(22,2)14-12-24(32)33/h3-4,6-11,22,25H,5,12-17H2,1-2H3,(H,29,31)(H,32,33)/t22-,25+,27+,28+/m1/s1. The molecule has 2 aromatic rings. The van der Waals surface area contributed by atoms with Gasteiger partial charge in [-0.1, -0.05) is 18.2 Å². The van der Waals surface area contributed by atoms with E-state index in [0.717, 1.165) is 24.2 Å². The summed E-state index contributed by atoms with van der Waals surface area (Å²) in [6.07, 6.45) is 2.52. The van der Waals surface area contributed by atoms with E-state index in [0.29, 0.717) is 37.2 Å². The lowest BCUT2D eigenvalue weighted by atomic mass is 9.68. The number of carboxylic acid groups (broad SMARTS) is 1. The van der Waals surface area contributed by atoms with E-state index < -0.39 is 17.1 Å². The lowest BCUT2D eigenvalue weighted by molar-refractivity contribution is -0.169. The maximum absolute atomic E-state index is 13.7. The van der Waals surface area contributed by atoms with Crippen molar-refractivity contribution in [3.8, 4) is 5.75 Å². The van der Waals surface area contributed by atoms with Crippen molar-refractivity contribution in [2.75, 3.05) is 18.5 Å². The molecule has 5 rings (SSSR count). The Morgan fingerprint density at radius 3 is 2.61 bits per heavy atom. The smallest absolute Gasteiger partial charge is 0.303 e. The number of nitrogens with one attached hydrogen (secondary N) is 1. The van der Waals surface area contributed by atoms with Crippen LogP contribution in [0.3, 0.4) is 0 Å². The lowest BCUT2D eigenvalue weighted by Gasteiger charge is -2.54. The summed E-state index contributed by atoms with van der Waals surface area (Å²) in [7, 11) is 0. The average Bonchev–Trinajstić information content (AvgIpc) is 3.25. The minimum Gasteiger partial charge on any atom is -0.487 e. The Kier molecular flexibility index (Phi) is 6.24. The van der Waals surface area contributed by atoms with Crippen molar-refractivity contribution in [2.45, 2.75) is 63.2 Å². The van der Waals surface area contributed by atoms with Crippen LogP contribution in [0.15, 0.2) is 48.5 Å². The van der Waals surface area contributed by atoms with Gasteiger partial charge in [-0.15, -0.1) is 0 Å². The van der Waals surface area contributed by atoms with Crippen LogP contribution in [0.5, 0.6) is 5.75 Å². The first kappa shape index (κ1) is 24.3. The van der Waals surface area contributed by atoms with Crippen molar-refractivity contribution in [3.63, 3.8) is 0 Å². The fraction of sp³-hybridized carbons (Fsp3) is 0.464. The highest BCUT2D eigenvalue weighted by Crippen LogP contribution is 2.55. The van der Waals surface area contributed by atoms with Gasteiger partial charge in [0, 0.05) is 42.6 Å². The summed E-state index contributed by atoms with van der Waals surface area (Å²) in [6, 6.07) is 14.7. The third kappa shape index (κ3) is 4.34. The third-order valence-electron chi connectivity index (χ3n) is 7.98. The Hall–Kier alpha value is -3.39. The molecule has 2 fully saturated rings. The van der Waals surface area contributed by atoms with Crippen molar-refractivity contribution in [2.24, 2.45) is 5.92 Å². The number of fused-ring (bicyclic) bond motifs is 3. The van der Waals surface area contributed by atoms with Gasteiger partial charge in [0.1, 0.15) is 11.4 Å². The second kappa shape index (κ2) is 9.24. The highest BCUT2D eigenvalue weighted by molar-refractivity contribution is 5.96. The molecule has 0 aromatic heterocycles. The number of benzene rings is 2. The van der Waals surface area contributed by atoms with Gasteiger partial charge in [0.25, 0.3) is 5.91 Å². The van der Waals surface area contributed by atoms with Gasteiger partial charge in [-0.3, -0.25) is 14.4 Å². The van der Waals surface area contributed by atoms with Crippen LogP contribution in [0, 0.1) is 5.92 Å². The van der Waals surface area contributed by atoms with Crippen molar-refractivity contribution in [1.82, 2.24) is 4.90 Å². The minimum absolute atomic E-state index is 0.00181. The van der Waals surface area contributed by atoms with Crippen LogP contribution in [-0.4, -0.2) is 52.1 Å². The van der Waals surface area contributed by atoms with Crippen LogP contribution in [0.1, 0.15) is 68.0 Å². The predicted molar refractivity (Wildman–Crippen MR) is 133 cm³/mol. The molecule has 190 valence electrons. The molecule has 1 spiro atoms. The first-order valence-electron chi connectivity index (χ1n) is 12.5. The molecule has 8 heteroatoms. The monoisotopic (exact) mass is 492 g/mol. The number of ether oxygens (including phenoxy) is 2. The summed E-state index contributed by atoms with van der Waals surface area (Å²) >= 11 is 0. The SMILES string of the molecule is CC(=O)Nc1ccc(C(=O)N2CCC[C@]23CO[C@H]2c4ccccc4O[C@@](C)(CCC(=O)O)[C@@H]2C3)cc1. The number of carboxylic acids is 1. The van der Waals surface area contributed by atoms with Crippen molar-refractivity contribution in [1.29, 1.82) is 0 Å². The zero-order valence-corrected chi connectivity index (χ0v) is 20.7. The molecule has 0 saturated carbocycles.